The second kappa shape index (κ2) is 4.89. The highest BCUT2D eigenvalue weighted by Crippen LogP contribution is 2.19. The van der Waals surface area contributed by atoms with Crippen LogP contribution in [-0.2, 0) is 4.79 Å². The third-order valence-electron chi connectivity index (χ3n) is 2.16. The second-order valence-corrected chi connectivity index (χ2v) is 3.34. The summed E-state index contributed by atoms with van der Waals surface area (Å²) in [5, 5.41) is 27.2. The van der Waals surface area contributed by atoms with Gasteiger partial charge in [-0.25, -0.2) is 9.18 Å². The van der Waals surface area contributed by atoms with Crippen molar-refractivity contribution in [3.8, 4) is 0 Å². The molecule has 0 fully saturated rings. The van der Waals surface area contributed by atoms with Crippen molar-refractivity contribution in [2.45, 2.75) is 12.2 Å². The normalized spacial score (nSPS) is 14.1. The van der Waals surface area contributed by atoms with Gasteiger partial charge >= 0.3 is 5.97 Å². The number of amides is 1. The van der Waals surface area contributed by atoms with Crippen molar-refractivity contribution in [1.29, 1.82) is 0 Å². The van der Waals surface area contributed by atoms with Gasteiger partial charge in [0.1, 0.15) is 11.9 Å². The minimum absolute atomic E-state index is 0.140. The molecule has 6 nitrogen and oxygen atoms in total. The molecule has 1 rings (SSSR count). The number of primary amides is 1. The smallest absolute Gasteiger partial charge is 0.338 e. The largest absolute Gasteiger partial charge is 0.478 e. The average Bonchev–Trinajstić information content (AvgIpc) is 2.26. The van der Waals surface area contributed by atoms with E-state index >= 15 is 0 Å². The number of carboxylic acid groups (broad SMARTS) is 1. The molecule has 0 aliphatic heterocycles. The van der Waals surface area contributed by atoms with Crippen molar-refractivity contribution < 1.29 is 29.3 Å². The number of carbonyl (C=O) groups excluding carboxylic acids is 1. The third kappa shape index (κ3) is 2.77. The molecule has 0 saturated carbocycles. The molecule has 7 heteroatoms. The SMILES string of the molecule is NC(=O)C(O)C(O)c1ccc(C(=O)O)c(F)c1. The third-order valence-corrected chi connectivity index (χ3v) is 2.16. The highest BCUT2D eigenvalue weighted by Gasteiger charge is 2.24. The van der Waals surface area contributed by atoms with Crippen molar-refractivity contribution >= 4 is 11.9 Å². The Kier molecular flexibility index (Phi) is 3.77. The number of carboxylic acids is 1. The lowest BCUT2D eigenvalue weighted by molar-refractivity contribution is -0.132. The molecule has 5 N–H and O–H groups in total. The van der Waals surface area contributed by atoms with E-state index in [1.54, 1.807) is 0 Å². The van der Waals surface area contributed by atoms with Crippen molar-refractivity contribution in [1.82, 2.24) is 0 Å². The molecule has 0 spiro atoms. The van der Waals surface area contributed by atoms with Gasteiger partial charge in [-0.05, 0) is 17.7 Å². The molecule has 1 aromatic rings. The quantitative estimate of drug-likeness (QED) is 0.562. The predicted octanol–water partition coefficient (Wildman–Crippen LogP) is -0.597. The molecular formula is C10H10FNO5. The number of rotatable bonds is 4. The first-order valence-electron chi connectivity index (χ1n) is 4.52. The Bertz CT molecular complexity index is 462. The van der Waals surface area contributed by atoms with Gasteiger partial charge < -0.3 is 21.1 Å². The van der Waals surface area contributed by atoms with Crippen LogP contribution in [0.5, 0.6) is 0 Å². The van der Waals surface area contributed by atoms with Gasteiger partial charge in [0.2, 0.25) is 5.91 Å². The molecule has 92 valence electrons. The maximum atomic E-state index is 13.2. The maximum absolute atomic E-state index is 13.2. The van der Waals surface area contributed by atoms with Crippen LogP contribution in [0.1, 0.15) is 22.0 Å². The lowest BCUT2D eigenvalue weighted by Gasteiger charge is -2.15. The molecule has 1 amide bonds. The van der Waals surface area contributed by atoms with E-state index in [4.69, 9.17) is 15.9 Å². The molecule has 0 saturated heterocycles. The van der Waals surface area contributed by atoms with E-state index in [1.807, 2.05) is 0 Å². The molecule has 2 atom stereocenters. The number of aromatic carboxylic acids is 1. The zero-order valence-electron chi connectivity index (χ0n) is 8.50. The van der Waals surface area contributed by atoms with E-state index in [2.05, 4.69) is 0 Å². The number of nitrogens with two attached hydrogens (primary N) is 1. The lowest BCUT2D eigenvalue weighted by atomic mass is 10.0. The summed E-state index contributed by atoms with van der Waals surface area (Å²) < 4.78 is 13.2. The van der Waals surface area contributed by atoms with Crippen molar-refractivity contribution in [2.24, 2.45) is 5.73 Å². The summed E-state index contributed by atoms with van der Waals surface area (Å²) in [7, 11) is 0. The van der Waals surface area contributed by atoms with E-state index in [1.165, 1.54) is 0 Å². The van der Waals surface area contributed by atoms with E-state index in [9.17, 15) is 19.1 Å². The zero-order valence-corrected chi connectivity index (χ0v) is 8.50. The highest BCUT2D eigenvalue weighted by atomic mass is 19.1. The molecule has 0 aliphatic rings. The molecule has 0 aliphatic carbocycles. The number of aliphatic hydroxyl groups is 2. The molecule has 17 heavy (non-hydrogen) atoms. The standard InChI is InChI=1S/C10H10FNO5/c11-6-3-4(1-2-5(6)10(16)17)7(13)8(14)9(12)15/h1-3,7-8,13-14H,(H2,12,15)(H,16,17). The van der Waals surface area contributed by atoms with Crippen LogP contribution in [-0.4, -0.2) is 33.3 Å². The predicted molar refractivity (Wildman–Crippen MR) is 53.5 cm³/mol. The molecule has 0 bridgehead atoms. The van der Waals surface area contributed by atoms with Crippen LogP contribution >= 0.6 is 0 Å². The number of aliphatic hydroxyl groups excluding tert-OH is 2. The number of hydrogen-bond donors (Lipinski definition) is 4. The van der Waals surface area contributed by atoms with Crippen LogP contribution in [0.15, 0.2) is 18.2 Å². The van der Waals surface area contributed by atoms with E-state index in [0.717, 1.165) is 18.2 Å². The van der Waals surface area contributed by atoms with Crippen LogP contribution in [0, 0.1) is 5.82 Å². The minimum Gasteiger partial charge on any atom is -0.478 e. The van der Waals surface area contributed by atoms with Crippen molar-refractivity contribution in [2.75, 3.05) is 0 Å². The fraction of sp³-hybridized carbons (Fsp3) is 0.200. The van der Waals surface area contributed by atoms with Gasteiger partial charge in [0, 0.05) is 0 Å². The Hall–Kier alpha value is -1.99. The van der Waals surface area contributed by atoms with Gasteiger partial charge in [-0.1, -0.05) is 6.07 Å². The molecule has 0 heterocycles. The second-order valence-electron chi connectivity index (χ2n) is 3.34. The number of carbonyl (C=O) groups is 2. The maximum Gasteiger partial charge on any atom is 0.338 e. The first-order chi connectivity index (χ1) is 7.84. The topological polar surface area (TPSA) is 121 Å². The van der Waals surface area contributed by atoms with Gasteiger partial charge in [-0.15, -0.1) is 0 Å². The van der Waals surface area contributed by atoms with E-state index < -0.39 is 35.5 Å². The summed E-state index contributed by atoms with van der Waals surface area (Å²) in [5.41, 5.74) is 4.04. The lowest BCUT2D eigenvalue weighted by Crippen LogP contribution is -2.33. The summed E-state index contributed by atoms with van der Waals surface area (Å²) in [6.07, 6.45) is -3.59. The summed E-state index contributed by atoms with van der Waals surface area (Å²) in [6, 6.07) is 2.73. The Balaban J connectivity index is 3.05. The van der Waals surface area contributed by atoms with Crippen LogP contribution in [0.25, 0.3) is 0 Å². The first kappa shape index (κ1) is 13.1. The van der Waals surface area contributed by atoms with E-state index in [0.29, 0.717) is 0 Å². The van der Waals surface area contributed by atoms with Gasteiger partial charge in [-0.3, -0.25) is 4.79 Å². The highest BCUT2D eigenvalue weighted by molar-refractivity contribution is 5.88. The Labute approximate surface area is 95.1 Å². The Morgan fingerprint density at radius 2 is 1.88 bits per heavy atom. The molecule has 0 aromatic heterocycles. The fourth-order valence-corrected chi connectivity index (χ4v) is 1.23. The van der Waals surface area contributed by atoms with Gasteiger partial charge in [0.25, 0.3) is 0 Å². The van der Waals surface area contributed by atoms with Gasteiger partial charge in [0.15, 0.2) is 6.10 Å². The molecule has 0 radical (unpaired) electrons. The monoisotopic (exact) mass is 243 g/mol. The van der Waals surface area contributed by atoms with Crippen LogP contribution in [0.4, 0.5) is 4.39 Å². The van der Waals surface area contributed by atoms with Crippen LogP contribution < -0.4 is 5.73 Å². The molecule has 1 aromatic carbocycles. The summed E-state index contributed by atoms with van der Waals surface area (Å²) in [5.74, 6) is -3.70. The van der Waals surface area contributed by atoms with Crippen molar-refractivity contribution in [3.05, 3.63) is 35.1 Å². The molecule has 2 unspecified atom stereocenters. The summed E-state index contributed by atoms with van der Waals surface area (Å²) in [4.78, 5) is 21.1. The fourth-order valence-electron chi connectivity index (χ4n) is 1.23. The Morgan fingerprint density at radius 3 is 2.29 bits per heavy atom. The zero-order chi connectivity index (χ0) is 13.2. The number of hydrogen-bond acceptors (Lipinski definition) is 4. The summed E-state index contributed by atoms with van der Waals surface area (Å²) >= 11 is 0. The Morgan fingerprint density at radius 1 is 1.29 bits per heavy atom. The first-order valence-corrected chi connectivity index (χ1v) is 4.52. The number of benzene rings is 1. The number of halogens is 1. The summed E-state index contributed by atoms with van der Waals surface area (Å²) in [6.45, 7) is 0. The van der Waals surface area contributed by atoms with Crippen LogP contribution in [0.2, 0.25) is 0 Å². The minimum atomic E-state index is -1.88. The van der Waals surface area contributed by atoms with Crippen molar-refractivity contribution in [3.63, 3.8) is 0 Å². The molecular weight excluding hydrogens is 233 g/mol. The van der Waals surface area contributed by atoms with Crippen LogP contribution in [0.3, 0.4) is 0 Å². The van der Waals surface area contributed by atoms with E-state index in [-0.39, 0.29) is 5.56 Å². The van der Waals surface area contributed by atoms with Gasteiger partial charge in [0.05, 0.1) is 5.56 Å². The van der Waals surface area contributed by atoms with Gasteiger partial charge in [-0.2, -0.15) is 0 Å². The average molecular weight is 243 g/mol.